The molecule has 0 saturated heterocycles. The lowest BCUT2D eigenvalue weighted by molar-refractivity contribution is 0.572. The number of nitrogens with one attached hydrogen (secondary N) is 1. The fraction of sp³-hybridized carbons (Fsp3) is 0.400. The molecule has 0 saturated carbocycles. The molecule has 5 heteroatoms. The number of sulfonamides is 1. The van der Waals surface area contributed by atoms with Gasteiger partial charge in [-0.25, -0.2) is 13.1 Å². The molecule has 3 N–H and O–H groups in total. The second-order valence-electron chi connectivity index (χ2n) is 3.57. The topological polar surface area (TPSA) is 72.2 Å². The lowest BCUT2D eigenvalue weighted by Crippen LogP contribution is -2.38. The molecule has 4 nitrogen and oxygen atoms in total. The Balaban J connectivity index is 2.40. The Kier molecular flexibility index (Phi) is 4.26. The third-order valence-electron chi connectivity index (χ3n) is 1.95. The van der Waals surface area contributed by atoms with Crippen LogP contribution in [0.3, 0.4) is 0 Å². The first kappa shape index (κ1) is 12.2. The van der Waals surface area contributed by atoms with Crippen molar-refractivity contribution < 1.29 is 8.42 Å². The minimum Gasteiger partial charge on any atom is -0.326 e. The van der Waals surface area contributed by atoms with Crippen molar-refractivity contribution in [2.75, 3.05) is 12.8 Å². The highest BCUT2D eigenvalue weighted by atomic mass is 32.2. The summed E-state index contributed by atoms with van der Waals surface area (Å²) in [5.41, 5.74) is 6.90. The zero-order valence-corrected chi connectivity index (χ0v) is 9.50. The van der Waals surface area contributed by atoms with Gasteiger partial charge in [-0.1, -0.05) is 30.3 Å². The number of nitrogens with two attached hydrogens (primary N) is 1. The van der Waals surface area contributed by atoms with Crippen LogP contribution in [-0.2, 0) is 16.4 Å². The van der Waals surface area contributed by atoms with Gasteiger partial charge >= 0.3 is 0 Å². The summed E-state index contributed by atoms with van der Waals surface area (Å²) in [4.78, 5) is 0. The predicted octanol–water partition coefficient (Wildman–Crippen LogP) is 0.106. The molecule has 0 bridgehead atoms. The van der Waals surface area contributed by atoms with Crippen molar-refractivity contribution in [2.24, 2.45) is 5.73 Å². The Morgan fingerprint density at radius 2 is 1.93 bits per heavy atom. The van der Waals surface area contributed by atoms with E-state index >= 15 is 0 Å². The van der Waals surface area contributed by atoms with Crippen molar-refractivity contribution >= 4 is 10.0 Å². The molecule has 0 unspecified atom stereocenters. The summed E-state index contributed by atoms with van der Waals surface area (Å²) in [6.45, 7) is 0.272. The van der Waals surface area contributed by atoms with Crippen LogP contribution >= 0.6 is 0 Å². The van der Waals surface area contributed by atoms with Crippen LogP contribution in [0.25, 0.3) is 0 Å². The third kappa shape index (κ3) is 5.51. The van der Waals surface area contributed by atoms with E-state index in [0.29, 0.717) is 6.42 Å². The van der Waals surface area contributed by atoms with E-state index in [1.165, 1.54) is 0 Å². The van der Waals surface area contributed by atoms with E-state index in [-0.39, 0.29) is 12.6 Å². The predicted molar refractivity (Wildman–Crippen MR) is 61.0 cm³/mol. The number of hydrogen-bond acceptors (Lipinski definition) is 3. The van der Waals surface area contributed by atoms with E-state index in [1.54, 1.807) is 0 Å². The molecule has 1 aromatic rings. The van der Waals surface area contributed by atoms with Crippen molar-refractivity contribution in [1.82, 2.24) is 4.72 Å². The third-order valence-corrected chi connectivity index (χ3v) is 2.64. The van der Waals surface area contributed by atoms with Crippen LogP contribution in [0.4, 0.5) is 0 Å². The second kappa shape index (κ2) is 5.25. The molecule has 0 spiro atoms. The molecule has 0 aliphatic heterocycles. The molecule has 0 amide bonds. The largest absolute Gasteiger partial charge is 0.326 e. The standard InChI is InChI=1S/C10H16N2O2S/c1-15(13,14)12-8-10(11)7-9-5-3-2-4-6-9/h2-6,10,12H,7-8,11H2,1H3/t10-/m1/s1. The van der Waals surface area contributed by atoms with Gasteiger partial charge in [0.1, 0.15) is 0 Å². The minimum atomic E-state index is -3.14. The quantitative estimate of drug-likeness (QED) is 0.751. The SMILES string of the molecule is CS(=O)(=O)NC[C@H](N)Cc1ccccc1. The van der Waals surface area contributed by atoms with E-state index in [2.05, 4.69) is 4.72 Å². The molecule has 1 atom stereocenters. The Bertz CT molecular complexity index is 389. The average molecular weight is 228 g/mol. The van der Waals surface area contributed by atoms with E-state index in [0.717, 1.165) is 11.8 Å². The molecule has 1 aromatic carbocycles. The molecular weight excluding hydrogens is 212 g/mol. The minimum absolute atomic E-state index is 0.192. The zero-order chi connectivity index (χ0) is 11.3. The molecular formula is C10H16N2O2S. The van der Waals surface area contributed by atoms with Crippen molar-refractivity contribution in [3.63, 3.8) is 0 Å². The van der Waals surface area contributed by atoms with Crippen molar-refractivity contribution in [3.8, 4) is 0 Å². The Hall–Kier alpha value is -0.910. The highest BCUT2D eigenvalue weighted by Gasteiger charge is 2.07. The van der Waals surface area contributed by atoms with E-state index < -0.39 is 10.0 Å². The summed E-state index contributed by atoms with van der Waals surface area (Å²) >= 11 is 0. The van der Waals surface area contributed by atoms with Gasteiger partial charge in [-0.2, -0.15) is 0 Å². The van der Waals surface area contributed by atoms with Crippen LogP contribution in [0, 0.1) is 0 Å². The van der Waals surface area contributed by atoms with Gasteiger partial charge < -0.3 is 5.73 Å². The maximum absolute atomic E-state index is 10.8. The molecule has 0 aliphatic carbocycles. The van der Waals surface area contributed by atoms with Gasteiger partial charge in [-0.3, -0.25) is 0 Å². The molecule has 15 heavy (non-hydrogen) atoms. The van der Waals surface area contributed by atoms with Crippen LogP contribution in [0.1, 0.15) is 5.56 Å². The van der Waals surface area contributed by atoms with Crippen LogP contribution in [-0.4, -0.2) is 27.3 Å². The first-order valence-corrected chi connectivity index (χ1v) is 6.60. The Morgan fingerprint density at radius 1 is 1.33 bits per heavy atom. The Morgan fingerprint density at radius 3 is 2.47 bits per heavy atom. The first-order valence-electron chi connectivity index (χ1n) is 4.71. The lowest BCUT2D eigenvalue weighted by Gasteiger charge is -2.11. The maximum atomic E-state index is 10.8. The molecule has 0 aliphatic rings. The summed E-state index contributed by atoms with van der Waals surface area (Å²) < 4.78 is 24.0. The fourth-order valence-electron chi connectivity index (χ4n) is 1.25. The van der Waals surface area contributed by atoms with E-state index in [1.807, 2.05) is 30.3 Å². The second-order valence-corrected chi connectivity index (χ2v) is 5.40. The van der Waals surface area contributed by atoms with Crippen molar-refractivity contribution in [3.05, 3.63) is 35.9 Å². The fourth-order valence-corrected chi connectivity index (χ4v) is 1.76. The smallest absolute Gasteiger partial charge is 0.208 e. The van der Waals surface area contributed by atoms with Gasteiger partial charge in [0, 0.05) is 12.6 Å². The highest BCUT2D eigenvalue weighted by Crippen LogP contribution is 2.01. The molecule has 1 rings (SSSR count). The van der Waals surface area contributed by atoms with Gasteiger partial charge in [0.15, 0.2) is 0 Å². The number of hydrogen-bond donors (Lipinski definition) is 2. The Labute approximate surface area is 90.5 Å². The van der Waals surface area contributed by atoms with Gasteiger partial charge in [0.05, 0.1) is 6.26 Å². The van der Waals surface area contributed by atoms with Gasteiger partial charge in [-0.15, -0.1) is 0 Å². The highest BCUT2D eigenvalue weighted by molar-refractivity contribution is 7.88. The average Bonchev–Trinajstić information content (AvgIpc) is 2.15. The summed E-state index contributed by atoms with van der Waals surface area (Å²) in [6.07, 6.45) is 1.80. The molecule has 0 heterocycles. The zero-order valence-electron chi connectivity index (χ0n) is 8.68. The van der Waals surface area contributed by atoms with Crippen LogP contribution in [0.5, 0.6) is 0 Å². The summed E-state index contributed by atoms with van der Waals surface area (Å²) in [6, 6.07) is 9.56. The van der Waals surface area contributed by atoms with Crippen molar-refractivity contribution in [1.29, 1.82) is 0 Å². The number of benzene rings is 1. The summed E-state index contributed by atoms with van der Waals surface area (Å²) in [5.74, 6) is 0. The van der Waals surface area contributed by atoms with Gasteiger partial charge in [-0.05, 0) is 12.0 Å². The molecule has 84 valence electrons. The molecule has 0 aromatic heterocycles. The van der Waals surface area contributed by atoms with Gasteiger partial charge in [0.2, 0.25) is 10.0 Å². The van der Waals surface area contributed by atoms with E-state index in [9.17, 15) is 8.42 Å². The summed E-state index contributed by atoms with van der Waals surface area (Å²) in [5, 5.41) is 0. The van der Waals surface area contributed by atoms with E-state index in [4.69, 9.17) is 5.73 Å². The first-order chi connectivity index (χ1) is 6.97. The normalized spacial score (nSPS) is 13.7. The van der Waals surface area contributed by atoms with Crippen LogP contribution < -0.4 is 10.5 Å². The number of rotatable bonds is 5. The summed E-state index contributed by atoms with van der Waals surface area (Å²) in [7, 11) is -3.14. The van der Waals surface area contributed by atoms with Crippen LogP contribution in [0.2, 0.25) is 0 Å². The molecule has 0 radical (unpaired) electrons. The maximum Gasteiger partial charge on any atom is 0.208 e. The van der Waals surface area contributed by atoms with Gasteiger partial charge in [0.25, 0.3) is 0 Å². The van der Waals surface area contributed by atoms with Crippen LogP contribution in [0.15, 0.2) is 30.3 Å². The lowest BCUT2D eigenvalue weighted by atomic mass is 10.1. The monoisotopic (exact) mass is 228 g/mol. The molecule has 0 fully saturated rings. The van der Waals surface area contributed by atoms with Crippen molar-refractivity contribution in [2.45, 2.75) is 12.5 Å².